The molecule has 0 saturated carbocycles. The average Bonchev–Trinajstić information content (AvgIpc) is 3.15. The monoisotopic (exact) mass is 543 g/mol. The highest BCUT2D eigenvalue weighted by Crippen LogP contribution is 2.17. The number of morpholine rings is 1. The first kappa shape index (κ1) is 25.9. The smallest absolute Gasteiger partial charge is 0.223 e. The molecule has 8 heteroatoms. The van der Waals surface area contributed by atoms with E-state index in [9.17, 15) is 4.79 Å². The van der Waals surface area contributed by atoms with E-state index in [1.54, 1.807) is 7.05 Å². The second-order valence-electron chi connectivity index (χ2n) is 8.19. The molecule has 2 N–H and O–H groups in total. The maximum absolute atomic E-state index is 12.3. The first-order valence-corrected chi connectivity index (χ1v) is 11.3. The number of ether oxygens (including phenoxy) is 1. The van der Waals surface area contributed by atoms with Gasteiger partial charge in [0, 0.05) is 58.7 Å². The third kappa shape index (κ3) is 9.33. The molecular formula is C23H38IN5O2. The van der Waals surface area contributed by atoms with Gasteiger partial charge in [0.05, 0.1) is 13.2 Å². The highest BCUT2D eigenvalue weighted by Gasteiger charge is 2.29. The molecule has 0 aromatic heterocycles. The SMILES string of the molecule is CN=C(NCCCCN1CCOCC1)NCC1CC(=O)N(CCc2ccccc2)C1.I. The minimum absolute atomic E-state index is 0. The number of nitrogens with one attached hydrogen (secondary N) is 2. The maximum Gasteiger partial charge on any atom is 0.223 e. The number of nitrogens with zero attached hydrogens (tertiary/aromatic N) is 3. The summed E-state index contributed by atoms with van der Waals surface area (Å²) < 4.78 is 5.39. The normalized spacial score (nSPS) is 19.9. The number of aliphatic imine (C=N–C) groups is 1. The number of carbonyl (C=O) groups is 1. The van der Waals surface area contributed by atoms with Gasteiger partial charge in [-0.3, -0.25) is 14.7 Å². The van der Waals surface area contributed by atoms with Gasteiger partial charge in [-0.25, -0.2) is 0 Å². The van der Waals surface area contributed by atoms with Gasteiger partial charge in [0.2, 0.25) is 5.91 Å². The third-order valence-corrected chi connectivity index (χ3v) is 5.89. The second kappa shape index (κ2) is 14.6. The van der Waals surface area contributed by atoms with E-state index in [1.807, 2.05) is 11.0 Å². The topological polar surface area (TPSA) is 69.2 Å². The predicted octanol–water partition coefficient (Wildman–Crippen LogP) is 1.97. The van der Waals surface area contributed by atoms with Crippen molar-refractivity contribution in [1.82, 2.24) is 20.4 Å². The molecule has 0 bridgehead atoms. The molecule has 3 rings (SSSR count). The predicted molar refractivity (Wildman–Crippen MR) is 136 cm³/mol. The van der Waals surface area contributed by atoms with E-state index in [4.69, 9.17) is 4.74 Å². The molecule has 174 valence electrons. The quantitative estimate of drug-likeness (QED) is 0.205. The summed E-state index contributed by atoms with van der Waals surface area (Å²) in [5, 5.41) is 6.80. The van der Waals surface area contributed by atoms with Crippen LogP contribution in [0.15, 0.2) is 35.3 Å². The lowest BCUT2D eigenvalue weighted by Gasteiger charge is -2.26. The van der Waals surface area contributed by atoms with E-state index < -0.39 is 0 Å². The first-order chi connectivity index (χ1) is 14.7. The molecule has 1 atom stereocenters. The van der Waals surface area contributed by atoms with Crippen LogP contribution in [0, 0.1) is 5.92 Å². The van der Waals surface area contributed by atoms with Crippen molar-refractivity contribution < 1.29 is 9.53 Å². The number of benzene rings is 1. The Morgan fingerprint density at radius 1 is 1.13 bits per heavy atom. The minimum Gasteiger partial charge on any atom is -0.379 e. The van der Waals surface area contributed by atoms with E-state index in [2.05, 4.69) is 44.8 Å². The van der Waals surface area contributed by atoms with Crippen LogP contribution in [0.1, 0.15) is 24.8 Å². The fourth-order valence-corrected chi connectivity index (χ4v) is 4.07. The molecule has 2 heterocycles. The van der Waals surface area contributed by atoms with Crippen molar-refractivity contribution in [3.05, 3.63) is 35.9 Å². The van der Waals surface area contributed by atoms with E-state index in [0.717, 1.165) is 77.8 Å². The third-order valence-electron chi connectivity index (χ3n) is 5.89. The van der Waals surface area contributed by atoms with Crippen molar-refractivity contribution in [2.45, 2.75) is 25.7 Å². The zero-order chi connectivity index (χ0) is 21.0. The molecule has 1 amide bonds. The molecule has 0 spiro atoms. The number of hydrogen-bond acceptors (Lipinski definition) is 4. The first-order valence-electron chi connectivity index (χ1n) is 11.3. The molecule has 0 radical (unpaired) electrons. The van der Waals surface area contributed by atoms with Gasteiger partial charge in [-0.05, 0) is 31.4 Å². The molecule has 7 nitrogen and oxygen atoms in total. The molecule has 31 heavy (non-hydrogen) atoms. The molecule has 2 fully saturated rings. The van der Waals surface area contributed by atoms with Crippen LogP contribution in [0.4, 0.5) is 0 Å². The number of halogens is 1. The maximum atomic E-state index is 12.3. The summed E-state index contributed by atoms with van der Waals surface area (Å²) >= 11 is 0. The zero-order valence-corrected chi connectivity index (χ0v) is 21.1. The fraction of sp³-hybridized carbons (Fsp3) is 0.652. The van der Waals surface area contributed by atoms with Crippen molar-refractivity contribution in [2.24, 2.45) is 10.9 Å². The largest absolute Gasteiger partial charge is 0.379 e. The van der Waals surface area contributed by atoms with Crippen LogP contribution < -0.4 is 10.6 Å². The Hall–Kier alpha value is -1.39. The second-order valence-corrected chi connectivity index (χ2v) is 8.19. The van der Waals surface area contributed by atoms with Crippen LogP contribution in [-0.2, 0) is 16.0 Å². The van der Waals surface area contributed by atoms with Gasteiger partial charge in [-0.1, -0.05) is 30.3 Å². The highest BCUT2D eigenvalue weighted by atomic mass is 127. The zero-order valence-electron chi connectivity index (χ0n) is 18.7. The number of guanidine groups is 1. The van der Waals surface area contributed by atoms with Crippen LogP contribution in [0.25, 0.3) is 0 Å². The van der Waals surface area contributed by atoms with Crippen molar-refractivity contribution >= 4 is 35.8 Å². The Morgan fingerprint density at radius 2 is 1.90 bits per heavy atom. The number of unbranched alkanes of at least 4 members (excludes halogenated alkanes) is 1. The van der Waals surface area contributed by atoms with E-state index in [1.165, 1.54) is 12.0 Å². The lowest BCUT2D eigenvalue weighted by atomic mass is 10.1. The lowest BCUT2D eigenvalue weighted by molar-refractivity contribution is -0.127. The van der Waals surface area contributed by atoms with Crippen LogP contribution in [-0.4, -0.2) is 87.7 Å². The molecular weight excluding hydrogens is 505 g/mol. The van der Waals surface area contributed by atoms with Crippen molar-refractivity contribution in [3.8, 4) is 0 Å². The molecule has 1 aromatic rings. The number of carbonyl (C=O) groups excluding carboxylic acids is 1. The molecule has 0 aliphatic carbocycles. The van der Waals surface area contributed by atoms with Gasteiger partial charge >= 0.3 is 0 Å². The number of amides is 1. The van der Waals surface area contributed by atoms with Gasteiger partial charge in [0.25, 0.3) is 0 Å². The Balaban J connectivity index is 0.00000341. The Kier molecular flexibility index (Phi) is 12.2. The molecule has 2 aliphatic rings. The summed E-state index contributed by atoms with van der Waals surface area (Å²) in [6, 6.07) is 10.4. The Morgan fingerprint density at radius 3 is 2.65 bits per heavy atom. The number of hydrogen-bond donors (Lipinski definition) is 2. The van der Waals surface area contributed by atoms with Crippen molar-refractivity contribution in [2.75, 3.05) is 66.1 Å². The van der Waals surface area contributed by atoms with Crippen LogP contribution in [0.3, 0.4) is 0 Å². The fourth-order valence-electron chi connectivity index (χ4n) is 4.07. The summed E-state index contributed by atoms with van der Waals surface area (Å²) in [7, 11) is 1.80. The molecule has 2 saturated heterocycles. The highest BCUT2D eigenvalue weighted by molar-refractivity contribution is 14.0. The van der Waals surface area contributed by atoms with Gasteiger partial charge in [-0.2, -0.15) is 0 Å². The van der Waals surface area contributed by atoms with Gasteiger partial charge in [0.1, 0.15) is 0 Å². The van der Waals surface area contributed by atoms with Crippen molar-refractivity contribution in [3.63, 3.8) is 0 Å². The summed E-state index contributed by atoms with van der Waals surface area (Å²) in [5.41, 5.74) is 1.28. The van der Waals surface area contributed by atoms with Crippen LogP contribution in [0.2, 0.25) is 0 Å². The standard InChI is InChI=1S/C23H37N5O2.HI/c1-24-23(25-10-5-6-11-27-13-15-30-16-14-27)26-18-21-17-22(29)28(19-21)12-9-20-7-3-2-4-8-20;/h2-4,7-8,21H,5-6,9-19H2,1H3,(H2,24,25,26);1H. The summed E-state index contributed by atoms with van der Waals surface area (Å²) in [5.74, 6) is 1.44. The van der Waals surface area contributed by atoms with Gasteiger partial charge < -0.3 is 20.3 Å². The van der Waals surface area contributed by atoms with Gasteiger partial charge in [0.15, 0.2) is 5.96 Å². The Labute approximate surface area is 204 Å². The summed E-state index contributed by atoms with van der Waals surface area (Å²) in [6.45, 7) is 8.30. The average molecular weight is 543 g/mol. The minimum atomic E-state index is 0. The lowest BCUT2D eigenvalue weighted by Crippen LogP contribution is -2.41. The number of likely N-dealkylation sites (tertiary alicyclic amines) is 1. The van der Waals surface area contributed by atoms with E-state index >= 15 is 0 Å². The van der Waals surface area contributed by atoms with E-state index in [0.29, 0.717) is 12.3 Å². The molecule has 1 unspecified atom stereocenters. The molecule has 1 aromatic carbocycles. The van der Waals surface area contributed by atoms with Crippen LogP contribution >= 0.6 is 24.0 Å². The Bertz CT molecular complexity index is 667. The van der Waals surface area contributed by atoms with Crippen LogP contribution in [0.5, 0.6) is 0 Å². The number of rotatable bonds is 10. The summed E-state index contributed by atoms with van der Waals surface area (Å²) in [6.07, 6.45) is 3.84. The van der Waals surface area contributed by atoms with E-state index in [-0.39, 0.29) is 29.9 Å². The molecule has 2 aliphatic heterocycles. The van der Waals surface area contributed by atoms with Crippen molar-refractivity contribution in [1.29, 1.82) is 0 Å². The summed E-state index contributed by atoms with van der Waals surface area (Å²) in [4.78, 5) is 21.1. The van der Waals surface area contributed by atoms with Gasteiger partial charge in [-0.15, -0.1) is 24.0 Å².